The molecular weight excluding hydrogens is 266 g/mol. The van der Waals surface area contributed by atoms with Crippen molar-refractivity contribution in [3.05, 3.63) is 18.2 Å². The maximum Gasteiger partial charge on any atom is 0.227 e. The largest absolute Gasteiger partial charge is 0.397 e. The fraction of sp³-hybridized carbons (Fsp3) is 0.562. The number of nitrogen functional groups attached to an aromatic ring is 1. The first-order valence-corrected chi connectivity index (χ1v) is 7.55. The van der Waals surface area contributed by atoms with Gasteiger partial charge in [-0.25, -0.2) is 0 Å². The zero-order valence-electron chi connectivity index (χ0n) is 13.2. The Bertz CT molecular complexity index is 445. The summed E-state index contributed by atoms with van der Waals surface area (Å²) in [5.74, 6) is 0.110. The molecule has 0 aliphatic carbocycles. The van der Waals surface area contributed by atoms with E-state index in [0.29, 0.717) is 5.69 Å². The second-order valence-corrected chi connectivity index (χ2v) is 5.08. The van der Waals surface area contributed by atoms with E-state index < -0.39 is 0 Å². The van der Waals surface area contributed by atoms with Crippen LogP contribution in [0.5, 0.6) is 0 Å². The topological polar surface area (TPSA) is 76.4 Å². The molecule has 0 aromatic heterocycles. The fourth-order valence-electron chi connectivity index (χ4n) is 2.14. The van der Waals surface area contributed by atoms with Crippen LogP contribution >= 0.6 is 0 Å². The Morgan fingerprint density at radius 1 is 1.33 bits per heavy atom. The summed E-state index contributed by atoms with van der Waals surface area (Å²) in [4.78, 5) is 12.0. The van der Waals surface area contributed by atoms with Crippen molar-refractivity contribution in [1.29, 1.82) is 0 Å². The highest BCUT2D eigenvalue weighted by Gasteiger charge is 2.14. The van der Waals surface area contributed by atoms with Crippen molar-refractivity contribution in [3.8, 4) is 0 Å². The van der Waals surface area contributed by atoms with Gasteiger partial charge >= 0.3 is 0 Å². The molecule has 0 heterocycles. The molecule has 4 N–H and O–H groups in total. The van der Waals surface area contributed by atoms with Gasteiger partial charge in [0.1, 0.15) is 0 Å². The molecule has 0 fully saturated rings. The minimum Gasteiger partial charge on any atom is -0.397 e. The molecule has 0 unspecified atom stereocenters. The van der Waals surface area contributed by atoms with Crippen LogP contribution < -0.4 is 16.4 Å². The predicted octanol–water partition coefficient (Wildman–Crippen LogP) is 3.09. The minimum absolute atomic E-state index is 0.0538. The minimum atomic E-state index is 0.0538. The lowest BCUT2D eigenvalue weighted by atomic mass is 10.0. The van der Waals surface area contributed by atoms with E-state index in [1.165, 1.54) is 0 Å². The highest BCUT2D eigenvalue weighted by molar-refractivity contribution is 5.93. The first-order chi connectivity index (χ1) is 10.1. The van der Waals surface area contributed by atoms with Crippen molar-refractivity contribution in [3.63, 3.8) is 0 Å². The molecule has 0 aliphatic rings. The molecule has 1 aromatic carbocycles. The standard InChI is InChI=1S/C16H27N3O2/c1-4-12(5-2)16(20)19-13-7-8-15(14(17)11-13)18-9-6-10-21-3/h7-8,11-12,18H,4-6,9-10,17H2,1-3H3,(H,19,20). The summed E-state index contributed by atoms with van der Waals surface area (Å²) in [6.45, 7) is 5.57. The molecule has 0 saturated carbocycles. The first-order valence-electron chi connectivity index (χ1n) is 7.55. The van der Waals surface area contributed by atoms with Gasteiger partial charge in [-0.15, -0.1) is 0 Å². The average molecular weight is 293 g/mol. The second-order valence-electron chi connectivity index (χ2n) is 5.08. The first kappa shape index (κ1) is 17.3. The van der Waals surface area contributed by atoms with Crippen LogP contribution in [-0.2, 0) is 9.53 Å². The third kappa shape index (κ3) is 5.63. The summed E-state index contributed by atoms with van der Waals surface area (Å²) in [6, 6.07) is 5.55. The van der Waals surface area contributed by atoms with Crippen LogP contribution in [0.15, 0.2) is 18.2 Å². The number of amides is 1. The van der Waals surface area contributed by atoms with Gasteiger partial charge in [0.25, 0.3) is 0 Å². The number of carbonyl (C=O) groups is 1. The third-order valence-electron chi connectivity index (χ3n) is 3.52. The van der Waals surface area contributed by atoms with Crippen LogP contribution in [0.4, 0.5) is 17.1 Å². The van der Waals surface area contributed by atoms with Crippen LogP contribution in [0.25, 0.3) is 0 Å². The zero-order chi connectivity index (χ0) is 15.7. The van der Waals surface area contributed by atoms with E-state index in [-0.39, 0.29) is 11.8 Å². The van der Waals surface area contributed by atoms with E-state index >= 15 is 0 Å². The van der Waals surface area contributed by atoms with Gasteiger partial charge in [-0.3, -0.25) is 4.79 Å². The lowest BCUT2D eigenvalue weighted by molar-refractivity contribution is -0.120. The average Bonchev–Trinajstić information content (AvgIpc) is 2.46. The van der Waals surface area contributed by atoms with Crippen molar-refractivity contribution >= 4 is 23.0 Å². The van der Waals surface area contributed by atoms with Gasteiger partial charge in [-0.1, -0.05) is 13.8 Å². The maximum absolute atomic E-state index is 12.0. The van der Waals surface area contributed by atoms with E-state index in [4.69, 9.17) is 10.5 Å². The van der Waals surface area contributed by atoms with Crippen molar-refractivity contribution in [2.45, 2.75) is 33.1 Å². The Hall–Kier alpha value is -1.75. The summed E-state index contributed by atoms with van der Waals surface area (Å²) in [5.41, 5.74) is 8.27. The van der Waals surface area contributed by atoms with E-state index in [2.05, 4.69) is 10.6 Å². The molecule has 0 spiro atoms. The summed E-state index contributed by atoms with van der Waals surface area (Å²) < 4.78 is 5.00. The molecule has 0 atom stereocenters. The van der Waals surface area contributed by atoms with E-state index in [0.717, 1.165) is 43.8 Å². The number of carbonyl (C=O) groups excluding carboxylic acids is 1. The molecule has 0 aliphatic heterocycles. The van der Waals surface area contributed by atoms with Crippen molar-refractivity contribution in [2.75, 3.05) is 36.6 Å². The normalized spacial score (nSPS) is 10.7. The highest BCUT2D eigenvalue weighted by Crippen LogP contribution is 2.23. The molecule has 0 saturated heterocycles. The number of rotatable bonds is 9. The zero-order valence-corrected chi connectivity index (χ0v) is 13.2. The molecule has 0 bridgehead atoms. The molecule has 1 aromatic rings. The van der Waals surface area contributed by atoms with Gasteiger partial charge in [0, 0.05) is 31.9 Å². The molecule has 118 valence electrons. The SMILES string of the molecule is CCC(CC)C(=O)Nc1ccc(NCCCOC)c(N)c1. The van der Waals surface area contributed by atoms with Gasteiger partial charge in [-0.2, -0.15) is 0 Å². The molecule has 5 nitrogen and oxygen atoms in total. The number of methoxy groups -OCH3 is 1. The number of benzene rings is 1. The van der Waals surface area contributed by atoms with E-state index in [1.807, 2.05) is 26.0 Å². The van der Waals surface area contributed by atoms with Gasteiger partial charge in [0.05, 0.1) is 11.4 Å². The Morgan fingerprint density at radius 2 is 2.05 bits per heavy atom. The molecular formula is C16H27N3O2. The van der Waals surface area contributed by atoms with Gasteiger partial charge in [-0.05, 0) is 37.5 Å². The van der Waals surface area contributed by atoms with Gasteiger partial charge in [0.15, 0.2) is 0 Å². The molecule has 21 heavy (non-hydrogen) atoms. The Balaban J connectivity index is 2.59. The molecule has 1 amide bonds. The van der Waals surface area contributed by atoms with Gasteiger partial charge in [0.2, 0.25) is 5.91 Å². The smallest absolute Gasteiger partial charge is 0.227 e. The van der Waals surface area contributed by atoms with Crippen LogP contribution in [-0.4, -0.2) is 26.2 Å². The van der Waals surface area contributed by atoms with Crippen LogP contribution in [0, 0.1) is 5.92 Å². The summed E-state index contributed by atoms with van der Waals surface area (Å²) >= 11 is 0. The monoisotopic (exact) mass is 293 g/mol. The lowest BCUT2D eigenvalue weighted by Crippen LogP contribution is -2.21. The predicted molar refractivity (Wildman–Crippen MR) is 88.5 cm³/mol. The maximum atomic E-state index is 12.0. The fourth-order valence-corrected chi connectivity index (χ4v) is 2.14. The van der Waals surface area contributed by atoms with Crippen molar-refractivity contribution in [2.24, 2.45) is 5.92 Å². The number of nitrogens with two attached hydrogens (primary N) is 1. The molecule has 5 heteroatoms. The van der Waals surface area contributed by atoms with Gasteiger partial charge < -0.3 is 21.1 Å². The lowest BCUT2D eigenvalue weighted by Gasteiger charge is -2.14. The van der Waals surface area contributed by atoms with Crippen LogP contribution in [0.3, 0.4) is 0 Å². The van der Waals surface area contributed by atoms with Crippen molar-refractivity contribution < 1.29 is 9.53 Å². The second kappa shape index (κ2) is 9.23. The quantitative estimate of drug-likeness (QED) is 0.483. The van der Waals surface area contributed by atoms with Crippen LogP contribution in [0.2, 0.25) is 0 Å². The number of ether oxygens (including phenoxy) is 1. The Morgan fingerprint density at radius 3 is 2.62 bits per heavy atom. The molecule has 1 rings (SSSR count). The van der Waals surface area contributed by atoms with Crippen LogP contribution in [0.1, 0.15) is 33.1 Å². The Kier molecular flexibility index (Phi) is 7.61. The summed E-state index contributed by atoms with van der Waals surface area (Å²) in [6.07, 6.45) is 2.61. The van der Waals surface area contributed by atoms with E-state index in [1.54, 1.807) is 13.2 Å². The third-order valence-corrected chi connectivity index (χ3v) is 3.52. The summed E-state index contributed by atoms with van der Waals surface area (Å²) in [7, 11) is 1.69. The number of hydrogen-bond acceptors (Lipinski definition) is 4. The number of hydrogen-bond donors (Lipinski definition) is 3. The number of nitrogens with one attached hydrogen (secondary N) is 2. The molecule has 0 radical (unpaired) electrons. The highest BCUT2D eigenvalue weighted by atomic mass is 16.5. The number of anilines is 3. The summed E-state index contributed by atoms with van der Waals surface area (Å²) in [5, 5.41) is 6.18. The van der Waals surface area contributed by atoms with E-state index in [9.17, 15) is 4.79 Å². The Labute approximate surface area is 127 Å². The van der Waals surface area contributed by atoms with Crippen molar-refractivity contribution in [1.82, 2.24) is 0 Å².